The Labute approximate surface area is 226 Å². The predicted octanol–water partition coefficient (Wildman–Crippen LogP) is -1.01. The van der Waals surface area contributed by atoms with E-state index in [-0.39, 0.29) is 64.8 Å². The number of halogens is 1. The van der Waals surface area contributed by atoms with Crippen LogP contribution in [0.4, 0.5) is 0 Å². The minimum absolute atomic E-state index is 0. The molecule has 11 heteroatoms. The molecule has 0 amide bonds. The molecule has 0 radical (unpaired) electrons. The summed E-state index contributed by atoms with van der Waals surface area (Å²) in [5, 5.41) is 0. The number of nitrogens with zero attached hydrogens (tertiary/aromatic N) is 2. The van der Waals surface area contributed by atoms with Crippen LogP contribution in [0.5, 0.6) is 0 Å². The van der Waals surface area contributed by atoms with E-state index in [9.17, 15) is 19.2 Å². The van der Waals surface area contributed by atoms with Crippen LogP contribution in [0.2, 0.25) is 0 Å². The first-order chi connectivity index (χ1) is 17.2. The van der Waals surface area contributed by atoms with Crippen LogP contribution in [-0.4, -0.2) is 99.4 Å². The predicted molar refractivity (Wildman–Crippen MR) is 134 cm³/mol. The van der Waals surface area contributed by atoms with Crippen molar-refractivity contribution in [3.05, 3.63) is 25.3 Å². The minimum Gasteiger partial charge on any atom is -1.00 e. The molecule has 0 atom stereocenters. The lowest BCUT2D eigenvalue weighted by Crippen LogP contribution is -3.00. The van der Waals surface area contributed by atoms with Gasteiger partial charge in [0.25, 0.3) is 0 Å². The Balaban J connectivity index is 0.0000130. The van der Waals surface area contributed by atoms with Crippen LogP contribution in [0.3, 0.4) is 0 Å². The van der Waals surface area contributed by atoms with Gasteiger partial charge < -0.3 is 31.4 Å². The first-order valence-corrected chi connectivity index (χ1v) is 12.6. The molecule has 0 aromatic rings. The van der Waals surface area contributed by atoms with Gasteiger partial charge in [0.15, 0.2) is 10.8 Å². The first kappa shape index (κ1) is 34.6. The number of esters is 4. The van der Waals surface area contributed by atoms with Gasteiger partial charge in [-0.2, -0.15) is 0 Å². The summed E-state index contributed by atoms with van der Waals surface area (Å²) < 4.78 is 21.0. The normalized spacial score (nSPS) is 14.6. The molecule has 0 saturated carbocycles. The van der Waals surface area contributed by atoms with Gasteiger partial charge in [0.1, 0.15) is 0 Å². The van der Waals surface area contributed by atoms with Gasteiger partial charge in [-0.15, -0.1) is 13.2 Å². The fourth-order valence-corrected chi connectivity index (χ4v) is 4.33. The van der Waals surface area contributed by atoms with Crippen molar-refractivity contribution in [2.45, 2.75) is 40.5 Å². The van der Waals surface area contributed by atoms with Crippen LogP contribution < -0.4 is 12.4 Å². The van der Waals surface area contributed by atoms with Crippen LogP contribution in [0.25, 0.3) is 0 Å². The molecule has 37 heavy (non-hydrogen) atoms. The average molecular weight is 546 g/mol. The summed E-state index contributed by atoms with van der Waals surface area (Å²) in [6.07, 6.45) is 3.21. The SMILES string of the molecule is C=CCC(CN1CCN(CC(CC=C)(C(=O)OCC)C(=O)OCC)CC1)(C(=O)OCC)C(=O)OCC.[Cl-]. The summed E-state index contributed by atoms with van der Waals surface area (Å²) in [6, 6.07) is 0. The Morgan fingerprint density at radius 3 is 1.05 bits per heavy atom. The van der Waals surface area contributed by atoms with E-state index in [1.807, 2.05) is 9.80 Å². The third-order valence-corrected chi connectivity index (χ3v) is 6.10. The molecule has 0 unspecified atom stereocenters. The highest BCUT2D eigenvalue weighted by Gasteiger charge is 2.51. The number of piperazine rings is 1. The van der Waals surface area contributed by atoms with E-state index in [0.717, 1.165) is 0 Å². The van der Waals surface area contributed by atoms with Crippen molar-refractivity contribution >= 4 is 23.9 Å². The largest absolute Gasteiger partial charge is 1.00 e. The van der Waals surface area contributed by atoms with E-state index in [4.69, 9.17) is 18.9 Å². The van der Waals surface area contributed by atoms with Crippen molar-refractivity contribution in [3.63, 3.8) is 0 Å². The molecule has 0 bridgehead atoms. The van der Waals surface area contributed by atoms with Crippen LogP contribution in [0, 0.1) is 10.8 Å². The summed E-state index contributed by atoms with van der Waals surface area (Å²) >= 11 is 0. The molecular weight excluding hydrogens is 504 g/mol. The number of rotatable bonds is 16. The molecule has 1 aliphatic rings. The van der Waals surface area contributed by atoms with Crippen LogP contribution in [0.1, 0.15) is 40.5 Å². The zero-order valence-corrected chi connectivity index (χ0v) is 23.3. The highest BCUT2D eigenvalue weighted by Crippen LogP contribution is 2.31. The lowest BCUT2D eigenvalue weighted by Gasteiger charge is -2.41. The molecule has 1 fully saturated rings. The van der Waals surface area contributed by atoms with Crippen molar-refractivity contribution < 1.29 is 50.5 Å². The minimum atomic E-state index is -1.52. The second kappa shape index (κ2) is 17.1. The third kappa shape index (κ3) is 8.83. The van der Waals surface area contributed by atoms with E-state index in [1.54, 1.807) is 27.7 Å². The fourth-order valence-electron chi connectivity index (χ4n) is 4.33. The van der Waals surface area contributed by atoms with Gasteiger partial charge in [-0.05, 0) is 40.5 Å². The quantitative estimate of drug-likeness (QED) is 0.103. The van der Waals surface area contributed by atoms with Gasteiger partial charge in [-0.3, -0.25) is 29.0 Å². The Hall–Kier alpha value is -2.43. The van der Waals surface area contributed by atoms with Crippen molar-refractivity contribution in [2.75, 3.05) is 65.7 Å². The zero-order chi connectivity index (χ0) is 27.2. The van der Waals surface area contributed by atoms with Crippen LogP contribution in [-0.2, 0) is 38.1 Å². The van der Waals surface area contributed by atoms with Gasteiger partial charge in [0.2, 0.25) is 0 Å². The Morgan fingerprint density at radius 1 is 0.622 bits per heavy atom. The Kier molecular flexibility index (Phi) is 16.0. The highest BCUT2D eigenvalue weighted by atomic mass is 35.5. The second-order valence-electron chi connectivity index (χ2n) is 8.58. The van der Waals surface area contributed by atoms with Crippen molar-refractivity contribution in [3.8, 4) is 0 Å². The third-order valence-electron chi connectivity index (χ3n) is 6.10. The Bertz CT molecular complexity index is 681. The molecule has 0 spiro atoms. The van der Waals surface area contributed by atoms with E-state index in [2.05, 4.69) is 13.2 Å². The summed E-state index contributed by atoms with van der Waals surface area (Å²) in [5.41, 5.74) is -3.03. The zero-order valence-electron chi connectivity index (χ0n) is 22.6. The molecule has 0 aromatic heterocycles. The van der Waals surface area contributed by atoms with E-state index < -0.39 is 34.7 Å². The van der Waals surface area contributed by atoms with Crippen molar-refractivity contribution in [1.29, 1.82) is 0 Å². The smallest absolute Gasteiger partial charge is 0.325 e. The number of carbonyl (C=O) groups is 4. The molecule has 1 rings (SSSR count). The van der Waals surface area contributed by atoms with Gasteiger partial charge in [-0.25, -0.2) is 0 Å². The van der Waals surface area contributed by atoms with Gasteiger partial charge in [0, 0.05) is 39.3 Å². The fraction of sp³-hybridized carbons (Fsp3) is 0.692. The monoisotopic (exact) mass is 545 g/mol. The molecule has 0 aliphatic carbocycles. The van der Waals surface area contributed by atoms with Gasteiger partial charge >= 0.3 is 23.9 Å². The van der Waals surface area contributed by atoms with E-state index in [1.165, 1.54) is 12.2 Å². The molecule has 1 saturated heterocycles. The molecule has 212 valence electrons. The molecule has 1 aliphatic heterocycles. The standard InChI is InChI=1S/C26H42N2O8.ClH/c1-7-13-25(21(29)33-9-3,22(30)34-10-4)19-27-15-17-28(18-16-27)20-26(14-8-2,23(31)35-11-5)24(32)36-12-6;/h7-8H,1-2,9-20H2,3-6H3;1H/p-1. The molecule has 0 N–H and O–H groups in total. The summed E-state index contributed by atoms with van der Waals surface area (Å²) in [5.74, 6) is -2.55. The van der Waals surface area contributed by atoms with E-state index >= 15 is 0 Å². The van der Waals surface area contributed by atoms with Crippen molar-refractivity contribution in [1.82, 2.24) is 9.80 Å². The summed E-state index contributed by atoms with van der Waals surface area (Å²) in [7, 11) is 0. The van der Waals surface area contributed by atoms with E-state index in [0.29, 0.717) is 26.2 Å². The summed E-state index contributed by atoms with van der Waals surface area (Å²) in [4.78, 5) is 55.7. The average Bonchev–Trinajstić information content (AvgIpc) is 2.85. The molecule has 1 heterocycles. The first-order valence-electron chi connectivity index (χ1n) is 12.6. The number of hydrogen-bond acceptors (Lipinski definition) is 10. The lowest BCUT2D eigenvalue weighted by atomic mass is 9.82. The molecule has 10 nitrogen and oxygen atoms in total. The van der Waals surface area contributed by atoms with Gasteiger partial charge in [-0.1, -0.05) is 12.2 Å². The second-order valence-corrected chi connectivity index (χ2v) is 8.58. The van der Waals surface area contributed by atoms with Gasteiger partial charge in [0.05, 0.1) is 26.4 Å². The lowest BCUT2D eigenvalue weighted by molar-refractivity contribution is -0.177. The van der Waals surface area contributed by atoms with Crippen LogP contribution in [0.15, 0.2) is 25.3 Å². The molecule has 0 aromatic carbocycles. The number of allylic oxidation sites excluding steroid dienone is 2. The maximum absolute atomic E-state index is 12.9. The topological polar surface area (TPSA) is 112 Å². The number of hydrogen-bond donors (Lipinski definition) is 0. The van der Waals surface area contributed by atoms with Crippen LogP contribution >= 0.6 is 0 Å². The summed E-state index contributed by atoms with van der Waals surface area (Å²) in [6.45, 7) is 16.9. The number of ether oxygens (including phenoxy) is 4. The Morgan fingerprint density at radius 2 is 0.865 bits per heavy atom. The maximum atomic E-state index is 12.9. The highest BCUT2D eigenvalue weighted by molar-refractivity contribution is 6.01. The van der Waals surface area contributed by atoms with Crippen molar-refractivity contribution in [2.24, 2.45) is 10.8 Å². The number of carbonyl (C=O) groups excluding carboxylic acids is 4. The maximum Gasteiger partial charge on any atom is 0.325 e. The molecular formula is C26H42ClN2O8-.